The third-order valence-corrected chi connectivity index (χ3v) is 3.65. The monoisotopic (exact) mass is 268 g/mol. The highest BCUT2D eigenvalue weighted by Crippen LogP contribution is 2.23. The van der Waals surface area contributed by atoms with E-state index in [0.717, 1.165) is 25.9 Å². The maximum atomic E-state index is 12.1. The van der Waals surface area contributed by atoms with Gasteiger partial charge in [0.1, 0.15) is 0 Å². The summed E-state index contributed by atoms with van der Waals surface area (Å²) >= 11 is 1.25. The van der Waals surface area contributed by atoms with E-state index in [4.69, 9.17) is 11.5 Å². The number of carbonyl (C=O) groups excluding carboxylic acids is 1. The molecule has 1 atom stereocenters. The summed E-state index contributed by atoms with van der Waals surface area (Å²) in [5, 5.41) is 0.143. The summed E-state index contributed by atoms with van der Waals surface area (Å²) in [6.45, 7) is 3.51. The van der Waals surface area contributed by atoms with Crippen LogP contribution < -0.4 is 11.5 Å². The fraction of sp³-hybridized carbons (Fsp3) is 0.600. The fourth-order valence-corrected chi connectivity index (χ4v) is 2.70. The Hall–Kier alpha value is -1.57. The number of anilines is 2. The summed E-state index contributed by atoms with van der Waals surface area (Å²) in [6.07, 6.45) is 2.16. The van der Waals surface area contributed by atoms with Gasteiger partial charge in [0.2, 0.25) is 17.8 Å². The van der Waals surface area contributed by atoms with Crippen LogP contribution in [0, 0.1) is 0 Å². The van der Waals surface area contributed by atoms with Crippen molar-refractivity contribution in [2.24, 2.45) is 0 Å². The number of hydrogen-bond donors (Lipinski definition) is 2. The minimum absolute atomic E-state index is 0.0748. The molecule has 0 saturated carbocycles. The summed E-state index contributed by atoms with van der Waals surface area (Å²) in [6, 6.07) is 0. The lowest BCUT2D eigenvalue weighted by Gasteiger charge is -2.19. The lowest BCUT2D eigenvalue weighted by molar-refractivity contribution is -0.129. The van der Waals surface area contributed by atoms with Crippen molar-refractivity contribution in [2.75, 3.05) is 24.6 Å². The molecule has 0 unspecified atom stereocenters. The second kappa shape index (κ2) is 5.38. The molecule has 0 aliphatic carbocycles. The number of hydrogen-bond acceptors (Lipinski definition) is 7. The van der Waals surface area contributed by atoms with Crippen LogP contribution in [-0.4, -0.2) is 44.1 Å². The number of aromatic nitrogens is 3. The second-order valence-electron chi connectivity index (χ2n) is 4.13. The molecule has 4 N–H and O–H groups in total. The molecule has 1 aromatic rings. The minimum Gasteiger partial charge on any atom is -0.368 e. The van der Waals surface area contributed by atoms with E-state index in [1.54, 1.807) is 0 Å². The fourth-order valence-electron chi connectivity index (χ4n) is 1.84. The first-order valence-electron chi connectivity index (χ1n) is 5.79. The number of likely N-dealkylation sites (tertiary alicyclic amines) is 1. The van der Waals surface area contributed by atoms with E-state index in [9.17, 15) is 4.79 Å². The summed E-state index contributed by atoms with van der Waals surface area (Å²) in [5.41, 5.74) is 11.0. The summed E-state index contributed by atoms with van der Waals surface area (Å²) < 4.78 is 0. The van der Waals surface area contributed by atoms with Gasteiger partial charge in [-0.05, 0) is 19.8 Å². The van der Waals surface area contributed by atoms with Crippen molar-refractivity contribution < 1.29 is 4.79 Å². The summed E-state index contributed by atoms with van der Waals surface area (Å²) in [7, 11) is 0. The van der Waals surface area contributed by atoms with E-state index in [1.165, 1.54) is 11.8 Å². The first-order chi connectivity index (χ1) is 8.56. The molecule has 0 bridgehead atoms. The van der Waals surface area contributed by atoms with E-state index >= 15 is 0 Å². The lowest BCUT2D eigenvalue weighted by atomic mass is 10.4. The van der Waals surface area contributed by atoms with E-state index in [2.05, 4.69) is 15.0 Å². The molecule has 98 valence electrons. The highest BCUT2D eigenvalue weighted by atomic mass is 32.2. The predicted octanol–water partition coefficient (Wildman–Crippen LogP) is 0.139. The smallest absolute Gasteiger partial charge is 0.235 e. The van der Waals surface area contributed by atoms with Gasteiger partial charge >= 0.3 is 0 Å². The van der Waals surface area contributed by atoms with Crippen LogP contribution >= 0.6 is 11.8 Å². The Bertz CT molecular complexity index is 428. The molecule has 1 aromatic heterocycles. The Morgan fingerprint density at radius 2 is 1.78 bits per heavy atom. The van der Waals surface area contributed by atoms with Crippen LogP contribution in [0.25, 0.3) is 0 Å². The van der Waals surface area contributed by atoms with Gasteiger partial charge in [-0.1, -0.05) is 11.8 Å². The van der Waals surface area contributed by atoms with Crippen molar-refractivity contribution >= 4 is 29.6 Å². The Balaban J connectivity index is 2.01. The molecule has 2 heterocycles. The number of nitrogen functional groups attached to an aromatic ring is 2. The van der Waals surface area contributed by atoms with E-state index in [0.29, 0.717) is 5.16 Å². The average molecular weight is 268 g/mol. The molecule has 1 aliphatic heterocycles. The molecule has 2 rings (SSSR count). The summed E-state index contributed by atoms with van der Waals surface area (Å²) in [4.78, 5) is 25.5. The third kappa shape index (κ3) is 3.00. The van der Waals surface area contributed by atoms with Crippen molar-refractivity contribution in [3.05, 3.63) is 0 Å². The highest BCUT2D eigenvalue weighted by Gasteiger charge is 2.24. The Labute approximate surface area is 109 Å². The van der Waals surface area contributed by atoms with Gasteiger partial charge in [-0.25, -0.2) is 0 Å². The number of amides is 1. The van der Waals surface area contributed by atoms with Gasteiger partial charge in [0.15, 0.2) is 5.16 Å². The van der Waals surface area contributed by atoms with Gasteiger partial charge in [-0.3, -0.25) is 4.79 Å². The number of rotatable bonds is 3. The Kier molecular flexibility index (Phi) is 3.85. The van der Waals surface area contributed by atoms with E-state index in [-0.39, 0.29) is 23.1 Å². The largest absolute Gasteiger partial charge is 0.368 e. The van der Waals surface area contributed by atoms with Gasteiger partial charge in [0.25, 0.3) is 0 Å². The second-order valence-corrected chi connectivity index (χ2v) is 5.43. The van der Waals surface area contributed by atoms with Crippen molar-refractivity contribution in [1.29, 1.82) is 0 Å². The Morgan fingerprint density at radius 1 is 1.22 bits per heavy atom. The molecule has 0 spiro atoms. The SMILES string of the molecule is C[C@@H](Sc1nc(N)nc(N)n1)C(=O)N1CCCC1. The maximum Gasteiger partial charge on any atom is 0.235 e. The molecule has 8 heteroatoms. The molecule has 1 fully saturated rings. The van der Waals surface area contributed by atoms with E-state index in [1.807, 2.05) is 11.8 Å². The van der Waals surface area contributed by atoms with Crippen molar-refractivity contribution in [3.63, 3.8) is 0 Å². The normalized spacial score (nSPS) is 16.8. The van der Waals surface area contributed by atoms with Crippen LogP contribution in [0.5, 0.6) is 0 Å². The first-order valence-corrected chi connectivity index (χ1v) is 6.66. The number of thioether (sulfide) groups is 1. The van der Waals surface area contributed by atoms with Crippen LogP contribution in [-0.2, 0) is 4.79 Å². The van der Waals surface area contributed by atoms with Crippen LogP contribution in [0.15, 0.2) is 5.16 Å². The average Bonchev–Trinajstić information content (AvgIpc) is 2.79. The zero-order chi connectivity index (χ0) is 13.1. The molecule has 1 amide bonds. The zero-order valence-corrected chi connectivity index (χ0v) is 11.0. The Morgan fingerprint density at radius 3 is 2.33 bits per heavy atom. The van der Waals surface area contributed by atoms with Gasteiger partial charge in [-0.2, -0.15) is 15.0 Å². The maximum absolute atomic E-state index is 12.1. The lowest BCUT2D eigenvalue weighted by Crippen LogP contribution is -2.34. The number of nitrogens with zero attached hydrogens (tertiary/aromatic N) is 4. The topological polar surface area (TPSA) is 111 Å². The molecule has 18 heavy (non-hydrogen) atoms. The molecule has 7 nitrogen and oxygen atoms in total. The van der Waals surface area contributed by atoms with Crippen molar-refractivity contribution in [3.8, 4) is 0 Å². The van der Waals surface area contributed by atoms with Gasteiger partial charge < -0.3 is 16.4 Å². The van der Waals surface area contributed by atoms with Crippen LogP contribution in [0.1, 0.15) is 19.8 Å². The number of carbonyl (C=O) groups is 1. The van der Waals surface area contributed by atoms with Crippen LogP contribution in [0.2, 0.25) is 0 Å². The third-order valence-electron chi connectivity index (χ3n) is 2.70. The van der Waals surface area contributed by atoms with Crippen LogP contribution in [0.4, 0.5) is 11.9 Å². The van der Waals surface area contributed by atoms with Gasteiger partial charge in [-0.15, -0.1) is 0 Å². The zero-order valence-electron chi connectivity index (χ0n) is 10.2. The predicted molar refractivity (Wildman–Crippen MR) is 69.8 cm³/mol. The molecule has 1 saturated heterocycles. The number of nitrogens with two attached hydrogens (primary N) is 2. The minimum atomic E-state index is -0.246. The van der Waals surface area contributed by atoms with Gasteiger partial charge in [0, 0.05) is 13.1 Å². The molecular formula is C10H16N6OS. The van der Waals surface area contributed by atoms with Crippen molar-refractivity contribution in [1.82, 2.24) is 19.9 Å². The highest BCUT2D eigenvalue weighted by molar-refractivity contribution is 8.00. The quantitative estimate of drug-likeness (QED) is 0.750. The van der Waals surface area contributed by atoms with Crippen molar-refractivity contribution in [2.45, 2.75) is 30.2 Å². The molecular weight excluding hydrogens is 252 g/mol. The van der Waals surface area contributed by atoms with Gasteiger partial charge in [0.05, 0.1) is 5.25 Å². The van der Waals surface area contributed by atoms with Crippen LogP contribution in [0.3, 0.4) is 0 Å². The first kappa shape index (κ1) is 12.9. The molecule has 0 radical (unpaired) electrons. The summed E-state index contributed by atoms with van der Waals surface area (Å²) in [5.74, 6) is 0.256. The molecule has 0 aromatic carbocycles. The molecule has 1 aliphatic rings. The van der Waals surface area contributed by atoms with E-state index < -0.39 is 0 Å². The standard InChI is InChI=1S/C10H16N6OS/c1-6(7(17)16-4-2-3-5-16)18-10-14-8(11)13-9(12)15-10/h6H,2-5H2,1H3,(H4,11,12,13,14,15)/t6-/m1/s1.